The van der Waals surface area contributed by atoms with Crippen LogP contribution in [0.5, 0.6) is 0 Å². The average Bonchev–Trinajstić information content (AvgIpc) is 2.88. The maximum Gasteiger partial charge on any atom is 0.0701 e. The quantitative estimate of drug-likeness (QED) is 0.620. The van der Waals surface area contributed by atoms with Crippen LogP contribution in [-0.4, -0.2) is 4.98 Å². The van der Waals surface area contributed by atoms with Gasteiger partial charge in [0, 0.05) is 11.6 Å². The normalized spacial score (nSPS) is 14.7. The Labute approximate surface area is 91.2 Å². The lowest BCUT2D eigenvalue weighted by Gasteiger charge is -1.91. The van der Waals surface area contributed by atoms with E-state index >= 15 is 0 Å². The molecule has 0 radical (unpaired) electrons. The summed E-state index contributed by atoms with van der Waals surface area (Å²) in [6, 6.07) is 12.1. The van der Waals surface area contributed by atoms with Crippen LogP contribution in [-0.2, 0) is 0 Å². The molecule has 1 heterocycles. The molecule has 1 aliphatic rings. The van der Waals surface area contributed by atoms with E-state index < -0.39 is 0 Å². The summed E-state index contributed by atoms with van der Waals surface area (Å²) in [5.41, 5.74) is 1.06. The van der Waals surface area contributed by atoms with E-state index in [9.17, 15) is 0 Å². The van der Waals surface area contributed by atoms with Crippen molar-refractivity contribution in [3.8, 4) is 0 Å². The number of pyridine rings is 1. The molecule has 1 heteroatoms. The lowest BCUT2D eigenvalue weighted by atomic mass is 10.2. The number of para-hydroxylation sites is 1. The molecule has 1 fully saturated rings. The standard InChI is InChI=1S/C9H7N.C5H10/c1-2-6-9-8(4-1)5-3-7-10-9;1-2-4-5-3-1/h1-7H;1-5H2. The second kappa shape index (κ2) is 5.50. The monoisotopic (exact) mass is 199 g/mol. The fourth-order valence-corrected chi connectivity index (χ4v) is 1.90. The van der Waals surface area contributed by atoms with E-state index in [1.54, 1.807) is 0 Å². The van der Waals surface area contributed by atoms with Crippen LogP contribution in [0.1, 0.15) is 32.1 Å². The predicted molar refractivity (Wildman–Crippen MR) is 64.8 cm³/mol. The Morgan fingerprint density at radius 3 is 2.00 bits per heavy atom. The molecule has 1 aromatic heterocycles. The molecule has 1 aliphatic carbocycles. The highest BCUT2D eigenvalue weighted by Gasteiger charge is 1.95. The molecule has 0 saturated heterocycles. The van der Waals surface area contributed by atoms with E-state index in [-0.39, 0.29) is 0 Å². The van der Waals surface area contributed by atoms with Gasteiger partial charge in [-0.1, -0.05) is 56.4 Å². The number of rotatable bonds is 0. The molecule has 0 spiro atoms. The van der Waals surface area contributed by atoms with Crippen molar-refractivity contribution in [1.29, 1.82) is 0 Å². The molecule has 1 aromatic carbocycles. The topological polar surface area (TPSA) is 12.9 Å². The summed E-state index contributed by atoms with van der Waals surface area (Å²) in [5.74, 6) is 0. The van der Waals surface area contributed by atoms with E-state index in [2.05, 4.69) is 17.1 Å². The molecule has 0 unspecified atom stereocenters. The second-order valence-corrected chi connectivity index (χ2v) is 3.96. The fraction of sp³-hybridized carbons (Fsp3) is 0.357. The molecule has 2 aromatic rings. The molecule has 1 saturated carbocycles. The van der Waals surface area contributed by atoms with Crippen LogP contribution >= 0.6 is 0 Å². The highest BCUT2D eigenvalue weighted by atomic mass is 14.6. The molecule has 0 N–H and O–H groups in total. The smallest absolute Gasteiger partial charge is 0.0701 e. The van der Waals surface area contributed by atoms with Gasteiger partial charge in [-0.05, 0) is 12.1 Å². The van der Waals surface area contributed by atoms with Crippen molar-refractivity contribution in [1.82, 2.24) is 4.98 Å². The average molecular weight is 199 g/mol. The van der Waals surface area contributed by atoms with Crippen molar-refractivity contribution < 1.29 is 0 Å². The van der Waals surface area contributed by atoms with Gasteiger partial charge in [0.05, 0.1) is 5.52 Å². The maximum absolute atomic E-state index is 4.18. The molecular weight excluding hydrogens is 182 g/mol. The number of nitrogens with zero attached hydrogens (tertiary/aromatic N) is 1. The molecular formula is C14H17N. The third-order valence-electron chi connectivity index (χ3n) is 2.76. The summed E-state index contributed by atoms with van der Waals surface area (Å²) in [6.07, 6.45) is 9.31. The molecule has 78 valence electrons. The molecule has 0 amide bonds. The van der Waals surface area contributed by atoms with Gasteiger partial charge in [0.15, 0.2) is 0 Å². The van der Waals surface area contributed by atoms with Crippen molar-refractivity contribution >= 4 is 10.9 Å². The summed E-state index contributed by atoms with van der Waals surface area (Å²) in [6.45, 7) is 0. The second-order valence-electron chi connectivity index (χ2n) is 3.96. The molecule has 1 nitrogen and oxygen atoms in total. The molecule has 0 atom stereocenters. The van der Waals surface area contributed by atoms with Gasteiger partial charge < -0.3 is 0 Å². The SMILES string of the molecule is C1CCCC1.c1ccc2ncccc2c1. The zero-order valence-electron chi connectivity index (χ0n) is 9.02. The van der Waals surface area contributed by atoms with Crippen LogP contribution in [0.4, 0.5) is 0 Å². The highest BCUT2D eigenvalue weighted by molar-refractivity contribution is 5.77. The van der Waals surface area contributed by atoms with Gasteiger partial charge in [-0.15, -0.1) is 0 Å². The first kappa shape index (κ1) is 10.2. The minimum Gasteiger partial charge on any atom is -0.256 e. The Bertz CT molecular complexity index is 332. The highest BCUT2D eigenvalue weighted by Crippen LogP contribution is 2.15. The van der Waals surface area contributed by atoms with E-state index in [1.807, 2.05) is 30.5 Å². The van der Waals surface area contributed by atoms with E-state index in [0.29, 0.717) is 0 Å². The van der Waals surface area contributed by atoms with E-state index in [1.165, 1.54) is 37.5 Å². The predicted octanol–water partition coefficient (Wildman–Crippen LogP) is 4.19. The number of fused-ring (bicyclic) bond motifs is 1. The van der Waals surface area contributed by atoms with Gasteiger partial charge in [0.1, 0.15) is 0 Å². The summed E-state index contributed by atoms with van der Waals surface area (Å²) in [7, 11) is 0. The number of benzene rings is 1. The van der Waals surface area contributed by atoms with Crippen LogP contribution in [0, 0.1) is 0 Å². The van der Waals surface area contributed by atoms with Crippen molar-refractivity contribution in [2.24, 2.45) is 0 Å². The van der Waals surface area contributed by atoms with E-state index in [4.69, 9.17) is 0 Å². The van der Waals surface area contributed by atoms with E-state index in [0.717, 1.165) is 5.52 Å². The summed E-state index contributed by atoms with van der Waals surface area (Å²) >= 11 is 0. The minimum atomic E-state index is 1.06. The summed E-state index contributed by atoms with van der Waals surface area (Å²) in [5, 5.41) is 1.20. The first-order valence-electron chi connectivity index (χ1n) is 5.76. The Hall–Kier alpha value is -1.37. The van der Waals surface area contributed by atoms with Crippen LogP contribution in [0.2, 0.25) is 0 Å². The van der Waals surface area contributed by atoms with Crippen LogP contribution in [0.3, 0.4) is 0 Å². The Morgan fingerprint density at radius 2 is 1.33 bits per heavy atom. The third-order valence-corrected chi connectivity index (χ3v) is 2.76. The Morgan fingerprint density at radius 1 is 0.733 bits per heavy atom. The van der Waals surface area contributed by atoms with Gasteiger partial charge in [-0.2, -0.15) is 0 Å². The molecule has 3 rings (SSSR count). The van der Waals surface area contributed by atoms with Gasteiger partial charge in [-0.25, -0.2) is 0 Å². The summed E-state index contributed by atoms with van der Waals surface area (Å²) < 4.78 is 0. The van der Waals surface area contributed by atoms with Crippen LogP contribution in [0.15, 0.2) is 42.6 Å². The van der Waals surface area contributed by atoms with Gasteiger partial charge in [-0.3, -0.25) is 4.98 Å². The van der Waals surface area contributed by atoms with Crippen LogP contribution in [0.25, 0.3) is 10.9 Å². The summed E-state index contributed by atoms with van der Waals surface area (Å²) in [4.78, 5) is 4.18. The zero-order valence-corrected chi connectivity index (χ0v) is 9.02. The maximum atomic E-state index is 4.18. The lowest BCUT2D eigenvalue weighted by molar-refractivity contribution is 0.886. The minimum absolute atomic E-state index is 1.06. The first-order valence-corrected chi connectivity index (χ1v) is 5.76. The lowest BCUT2D eigenvalue weighted by Crippen LogP contribution is -1.73. The van der Waals surface area contributed by atoms with Crippen molar-refractivity contribution in [3.63, 3.8) is 0 Å². The zero-order chi connectivity index (χ0) is 10.3. The molecule has 15 heavy (non-hydrogen) atoms. The van der Waals surface area contributed by atoms with Gasteiger partial charge in [0.2, 0.25) is 0 Å². The molecule has 0 bridgehead atoms. The van der Waals surface area contributed by atoms with Crippen molar-refractivity contribution in [2.45, 2.75) is 32.1 Å². The molecule has 0 aliphatic heterocycles. The fourth-order valence-electron chi connectivity index (χ4n) is 1.90. The van der Waals surface area contributed by atoms with Gasteiger partial charge >= 0.3 is 0 Å². The largest absolute Gasteiger partial charge is 0.256 e. The Kier molecular flexibility index (Phi) is 3.72. The van der Waals surface area contributed by atoms with Gasteiger partial charge in [0.25, 0.3) is 0 Å². The number of hydrogen-bond acceptors (Lipinski definition) is 1. The van der Waals surface area contributed by atoms with Crippen molar-refractivity contribution in [3.05, 3.63) is 42.6 Å². The number of aromatic nitrogens is 1. The third kappa shape index (κ3) is 3.05. The van der Waals surface area contributed by atoms with Crippen molar-refractivity contribution in [2.75, 3.05) is 0 Å². The number of hydrogen-bond donors (Lipinski definition) is 0. The van der Waals surface area contributed by atoms with Crippen LogP contribution < -0.4 is 0 Å². The first-order chi connectivity index (χ1) is 7.47. The Balaban J connectivity index is 0.000000144.